The summed E-state index contributed by atoms with van der Waals surface area (Å²) in [6.07, 6.45) is 1.12. The van der Waals surface area contributed by atoms with Crippen molar-refractivity contribution in [1.82, 2.24) is 9.97 Å². The zero-order valence-electron chi connectivity index (χ0n) is 13.1. The fraction of sp³-hybridized carbons (Fsp3) is 0.412. The van der Waals surface area contributed by atoms with Crippen molar-refractivity contribution in [2.24, 2.45) is 5.92 Å². The van der Waals surface area contributed by atoms with Gasteiger partial charge in [-0.05, 0) is 24.8 Å². The maximum absolute atomic E-state index is 4.51. The maximum atomic E-state index is 4.51. The van der Waals surface area contributed by atoms with Crippen molar-refractivity contribution in [3.05, 3.63) is 47.7 Å². The molecule has 4 nitrogen and oxygen atoms in total. The van der Waals surface area contributed by atoms with E-state index in [0.717, 1.165) is 31.0 Å². The summed E-state index contributed by atoms with van der Waals surface area (Å²) in [5.74, 6) is 2.24. The van der Waals surface area contributed by atoms with E-state index in [9.17, 15) is 0 Å². The summed E-state index contributed by atoms with van der Waals surface area (Å²) >= 11 is 0. The molecule has 112 valence electrons. The topological polar surface area (TPSA) is 49.8 Å². The minimum Gasteiger partial charge on any atom is -0.366 e. The Morgan fingerprint density at radius 3 is 2.52 bits per heavy atom. The Bertz CT molecular complexity index is 552. The SMILES string of the molecule is Cc1cc(NCc2ccccc2)nc(NCCC(C)C)n1. The number of hydrogen-bond donors (Lipinski definition) is 2. The molecule has 0 spiro atoms. The molecule has 0 saturated heterocycles. The molecule has 0 aliphatic carbocycles. The summed E-state index contributed by atoms with van der Waals surface area (Å²) in [6.45, 7) is 8.09. The van der Waals surface area contributed by atoms with E-state index in [1.807, 2.05) is 31.2 Å². The molecule has 1 aromatic heterocycles. The summed E-state index contributed by atoms with van der Waals surface area (Å²) < 4.78 is 0. The molecule has 0 aliphatic rings. The van der Waals surface area contributed by atoms with Crippen molar-refractivity contribution in [1.29, 1.82) is 0 Å². The van der Waals surface area contributed by atoms with Gasteiger partial charge in [0.15, 0.2) is 0 Å². The smallest absolute Gasteiger partial charge is 0.224 e. The third-order valence-corrected chi connectivity index (χ3v) is 3.18. The molecule has 1 heterocycles. The second-order valence-corrected chi connectivity index (χ2v) is 5.67. The van der Waals surface area contributed by atoms with E-state index in [4.69, 9.17) is 0 Å². The Balaban J connectivity index is 1.94. The van der Waals surface area contributed by atoms with E-state index in [0.29, 0.717) is 11.9 Å². The lowest BCUT2D eigenvalue weighted by Gasteiger charge is -2.11. The Morgan fingerprint density at radius 2 is 1.81 bits per heavy atom. The van der Waals surface area contributed by atoms with Crippen LogP contribution < -0.4 is 10.6 Å². The lowest BCUT2D eigenvalue weighted by molar-refractivity contribution is 0.606. The van der Waals surface area contributed by atoms with Crippen LogP contribution in [0.15, 0.2) is 36.4 Å². The quantitative estimate of drug-likeness (QED) is 0.810. The van der Waals surface area contributed by atoms with Crippen molar-refractivity contribution in [3.8, 4) is 0 Å². The molecule has 2 rings (SSSR count). The van der Waals surface area contributed by atoms with Crippen LogP contribution in [0.3, 0.4) is 0 Å². The molecule has 0 atom stereocenters. The lowest BCUT2D eigenvalue weighted by Crippen LogP contribution is -2.10. The van der Waals surface area contributed by atoms with Crippen LogP contribution in [0.4, 0.5) is 11.8 Å². The molecule has 0 bridgehead atoms. The lowest BCUT2D eigenvalue weighted by atomic mass is 10.1. The summed E-state index contributed by atoms with van der Waals surface area (Å²) in [5.41, 5.74) is 2.20. The number of nitrogens with one attached hydrogen (secondary N) is 2. The van der Waals surface area contributed by atoms with Crippen LogP contribution in [-0.4, -0.2) is 16.5 Å². The molecule has 0 fully saturated rings. The van der Waals surface area contributed by atoms with Gasteiger partial charge in [-0.3, -0.25) is 0 Å². The van der Waals surface area contributed by atoms with Gasteiger partial charge in [-0.15, -0.1) is 0 Å². The van der Waals surface area contributed by atoms with Gasteiger partial charge < -0.3 is 10.6 Å². The average Bonchev–Trinajstić information content (AvgIpc) is 2.45. The van der Waals surface area contributed by atoms with Crippen LogP contribution in [0.1, 0.15) is 31.5 Å². The van der Waals surface area contributed by atoms with Gasteiger partial charge in [0, 0.05) is 24.8 Å². The summed E-state index contributed by atoms with van der Waals surface area (Å²) in [6, 6.07) is 12.3. The number of aromatic nitrogens is 2. The van der Waals surface area contributed by atoms with E-state index in [1.54, 1.807) is 0 Å². The highest BCUT2D eigenvalue weighted by Crippen LogP contribution is 2.11. The molecule has 0 unspecified atom stereocenters. The minimum absolute atomic E-state index is 0.679. The van der Waals surface area contributed by atoms with Crippen molar-refractivity contribution >= 4 is 11.8 Å². The van der Waals surface area contributed by atoms with Crippen LogP contribution in [0.5, 0.6) is 0 Å². The molecule has 0 aliphatic heterocycles. The van der Waals surface area contributed by atoms with Crippen molar-refractivity contribution < 1.29 is 0 Å². The molecule has 1 aromatic carbocycles. The number of nitrogens with zero attached hydrogens (tertiary/aromatic N) is 2. The molecular formula is C17H24N4. The highest BCUT2D eigenvalue weighted by molar-refractivity contribution is 5.42. The second kappa shape index (κ2) is 7.62. The van der Waals surface area contributed by atoms with Crippen LogP contribution in [0.2, 0.25) is 0 Å². The first-order valence-corrected chi connectivity index (χ1v) is 7.51. The van der Waals surface area contributed by atoms with Gasteiger partial charge in [0.1, 0.15) is 5.82 Å². The Morgan fingerprint density at radius 1 is 1.05 bits per heavy atom. The Hall–Kier alpha value is -2.10. The van der Waals surface area contributed by atoms with Gasteiger partial charge in [0.05, 0.1) is 0 Å². The van der Waals surface area contributed by atoms with Crippen molar-refractivity contribution in [2.75, 3.05) is 17.2 Å². The van der Waals surface area contributed by atoms with Crippen molar-refractivity contribution in [3.63, 3.8) is 0 Å². The van der Waals surface area contributed by atoms with Crippen molar-refractivity contribution in [2.45, 2.75) is 33.7 Å². The van der Waals surface area contributed by atoms with Crippen LogP contribution in [0.25, 0.3) is 0 Å². The largest absolute Gasteiger partial charge is 0.366 e. The van der Waals surface area contributed by atoms with E-state index in [2.05, 4.69) is 46.6 Å². The predicted molar refractivity (Wildman–Crippen MR) is 88.5 cm³/mol. The van der Waals surface area contributed by atoms with E-state index in [1.165, 1.54) is 5.56 Å². The molecule has 21 heavy (non-hydrogen) atoms. The summed E-state index contributed by atoms with van der Waals surface area (Å²) in [5, 5.41) is 6.64. The Kier molecular flexibility index (Phi) is 5.55. The average molecular weight is 284 g/mol. The van der Waals surface area contributed by atoms with Gasteiger partial charge in [0.25, 0.3) is 0 Å². The predicted octanol–water partition coefficient (Wildman–Crippen LogP) is 3.86. The first kappa shape index (κ1) is 15.3. The first-order valence-electron chi connectivity index (χ1n) is 7.51. The molecule has 0 saturated carbocycles. The molecule has 0 radical (unpaired) electrons. The standard InChI is InChI=1S/C17H24N4/c1-13(2)9-10-18-17-20-14(3)11-16(21-17)19-12-15-7-5-4-6-8-15/h4-8,11,13H,9-10,12H2,1-3H3,(H2,18,19,20,21). The minimum atomic E-state index is 0.679. The van der Waals surface area contributed by atoms with E-state index < -0.39 is 0 Å². The second-order valence-electron chi connectivity index (χ2n) is 5.67. The monoisotopic (exact) mass is 284 g/mol. The number of rotatable bonds is 7. The van der Waals surface area contributed by atoms with E-state index >= 15 is 0 Å². The van der Waals surface area contributed by atoms with Crippen LogP contribution in [-0.2, 0) is 6.54 Å². The van der Waals surface area contributed by atoms with Gasteiger partial charge in [-0.25, -0.2) is 4.98 Å². The fourth-order valence-corrected chi connectivity index (χ4v) is 2.00. The van der Waals surface area contributed by atoms with Gasteiger partial charge in [-0.2, -0.15) is 4.98 Å². The zero-order chi connectivity index (χ0) is 15.1. The molecule has 2 aromatic rings. The Labute approximate surface area is 127 Å². The highest BCUT2D eigenvalue weighted by atomic mass is 15.1. The van der Waals surface area contributed by atoms with E-state index in [-0.39, 0.29) is 0 Å². The third-order valence-electron chi connectivity index (χ3n) is 3.18. The van der Waals surface area contributed by atoms with Crippen LogP contribution in [0, 0.1) is 12.8 Å². The van der Waals surface area contributed by atoms with Crippen LogP contribution >= 0.6 is 0 Å². The fourth-order valence-electron chi connectivity index (χ4n) is 2.00. The highest BCUT2D eigenvalue weighted by Gasteiger charge is 2.02. The molecule has 4 heteroatoms. The number of benzene rings is 1. The maximum Gasteiger partial charge on any atom is 0.224 e. The normalized spacial score (nSPS) is 10.7. The summed E-state index contributed by atoms with van der Waals surface area (Å²) in [7, 11) is 0. The van der Waals surface area contributed by atoms with Gasteiger partial charge in [-0.1, -0.05) is 44.2 Å². The summed E-state index contributed by atoms with van der Waals surface area (Å²) in [4.78, 5) is 8.94. The molecular weight excluding hydrogens is 260 g/mol. The first-order chi connectivity index (χ1) is 10.1. The van der Waals surface area contributed by atoms with Gasteiger partial charge >= 0.3 is 0 Å². The van der Waals surface area contributed by atoms with Gasteiger partial charge in [0.2, 0.25) is 5.95 Å². The molecule has 2 N–H and O–H groups in total. The zero-order valence-corrected chi connectivity index (χ0v) is 13.1. The third kappa shape index (κ3) is 5.42. The molecule has 0 amide bonds. The number of anilines is 2. The number of hydrogen-bond acceptors (Lipinski definition) is 4. The number of aryl methyl sites for hydroxylation is 1.